The van der Waals surface area contributed by atoms with Crippen LogP contribution in [0.5, 0.6) is 0 Å². The van der Waals surface area contributed by atoms with Crippen molar-refractivity contribution in [3.8, 4) is 0 Å². The lowest BCUT2D eigenvalue weighted by Crippen LogP contribution is -2.40. The molecule has 0 radical (unpaired) electrons. The van der Waals surface area contributed by atoms with E-state index in [1.807, 2.05) is 12.2 Å². The number of fused-ring (bicyclic) bond motifs is 2. The van der Waals surface area contributed by atoms with Gasteiger partial charge in [0.15, 0.2) is 12.2 Å². The summed E-state index contributed by atoms with van der Waals surface area (Å²) in [7, 11) is 0. The SMILES string of the molecule is CC(=O)O[C@@H]1C2C=CC(O2)[C@@H]1OC(C)=O. The summed E-state index contributed by atoms with van der Waals surface area (Å²) in [6.45, 7) is 2.64. The second-order valence-corrected chi connectivity index (χ2v) is 3.60. The van der Waals surface area contributed by atoms with Crippen LogP contribution in [0.4, 0.5) is 0 Å². The molecule has 2 aliphatic rings. The van der Waals surface area contributed by atoms with Crippen molar-refractivity contribution in [2.45, 2.75) is 38.3 Å². The molecule has 2 unspecified atom stereocenters. The van der Waals surface area contributed by atoms with Crippen LogP contribution in [0.1, 0.15) is 13.8 Å². The maximum absolute atomic E-state index is 10.9. The van der Waals surface area contributed by atoms with Crippen LogP contribution in [0.3, 0.4) is 0 Å². The van der Waals surface area contributed by atoms with Gasteiger partial charge in [-0.1, -0.05) is 12.2 Å². The number of rotatable bonds is 2. The second kappa shape index (κ2) is 3.66. The van der Waals surface area contributed by atoms with Crippen molar-refractivity contribution in [3.63, 3.8) is 0 Å². The Morgan fingerprint density at radius 2 is 1.40 bits per heavy atom. The van der Waals surface area contributed by atoms with Gasteiger partial charge in [0, 0.05) is 13.8 Å². The van der Waals surface area contributed by atoms with Crippen LogP contribution >= 0.6 is 0 Å². The second-order valence-electron chi connectivity index (χ2n) is 3.60. The Morgan fingerprint density at radius 3 is 1.73 bits per heavy atom. The largest absolute Gasteiger partial charge is 0.455 e. The Kier molecular flexibility index (Phi) is 2.48. The van der Waals surface area contributed by atoms with Gasteiger partial charge in [-0.2, -0.15) is 0 Å². The standard InChI is InChI=1S/C10H12O5/c1-5(11)13-9-7-3-4-8(15-7)10(9)14-6(2)12/h3-4,7-10H,1-2H3/t7?,8?,9-,10+. The predicted molar refractivity (Wildman–Crippen MR) is 48.9 cm³/mol. The number of esters is 2. The number of carbonyl (C=O) groups excluding carboxylic acids is 2. The molecular formula is C10H12O5. The van der Waals surface area contributed by atoms with E-state index in [0.717, 1.165) is 0 Å². The summed E-state index contributed by atoms with van der Waals surface area (Å²) in [5.41, 5.74) is 0. The Morgan fingerprint density at radius 1 is 1.00 bits per heavy atom. The van der Waals surface area contributed by atoms with E-state index in [-0.39, 0.29) is 12.2 Å². The maximum atomic E-state index is 10.9. The minimum absolute atomic E-state index is 0.289. The van der Waals surface area contributed by atoms with Crippen molar-refractivity contribution in [2.24, 2.45) is 0 Å². The predicted octanol–water partition coefficient (Wildman–Crippen LogP) is 0.187. The molecule has 2 aliphatic heterocycles. The van der Waals surface area contributed by atoms with Gasteiger partial charge in [0.1, 0.15) is 12.2 Å². The first-order chi connectivity index (χ1) is 7.08. The molecule has 82 valence electrons. The molecule has 0 amide bonds. The van der Waals surface area contributed by atoms with Gasteiger partial charge in [-0.3, -0.25) is 9.59 Å². The number of hydrogen-bond acceptors (Lipinski definition) is 5. The highest BCUT2D eigenvalue weighted by atomic mass is 16.6. The quantitative estimate of drug-likeness (QED) is 0.483. The molecule has 4 atom stereocenters. The van der Waals surface area contributed by atoms with Gasteiger partial charge >= 0.3 is 11.9 Å². The minimum Gasteiger partial charge on any atom is -0.455 e. The number of hydrogen-bond donors (Lipinski definition) is 0. The van der Waals surface area contributed by atoms with Gasteiger partial charge in [-0.15, -0.1) is 0 Å². The molecule has 5 nitrogen and oxygen atoms in total. The van der Waals surface area contributed by atoms with E-state index in [4.69, 9.17) is 14.2 Å². The number of ether oxygens (including phenoxy) is 3. The van der Waals surface area contributed by atoms with E-state index in [9.17, 15) is 9.59 Å². The van der Waals surface area contributed by atoms with E-state index < -0.39 is 24.1 Å². The molecule has 0 N–H and O–H groups in total. The summed E-state index contributed by atoms with van der Waals surface area (Å²) in [5.74, 6) is -0.802. The average Bonchev–Trinajstić information content (AvgIpc) is 2.67. The van der Waals surface area contributed by atoms with Crippen LogP contribution in [0.2, 0.25) is 0 Å². The fourth-order valence-corrected chi connectivity index (χ4v) is 1.89. The smallest absolute Gasteiger partial charge is 0.303 e. The zero-order valence-electron chi connectivity index (χ0n) is 8.51. The summed E-state index contributed by atoms with van der Waals surface area (Å²) < 4.78 is 15.6. The van der Waals surface area contributed by atoms with Crippen molar-refractivity contribution < 1.29 is 23.8 Å². The molecule has 0 aromatic heterocycles. The first-order valence-electron chi connectivity index (χ1n) is 4.76. The monoisotopic (exact) mass is 212 g/mol. The summed E-state index contributed by atoms with van der Waals surface area (Å²) in [5, 5.41) is 0. The lowest BCUT2D eigenvalue weighted by molar-refractivity contribution is -0.163. The lowest BCUT2D eigenvalue weighted by atomic mass is 10.0. The van der Waals surface area contributed by atoms with Gasteiger partial charge in [-0.05, 0) is 0 Å². The molecule has 1 saturated heterocycles. The molecule has 0 aromatic rings. The normalized spacial score (nSPS) is 36.7. The molecule has 0 aliphatic carbocycles. The van der Waals surface area contributed by atoms with Crippen molar-refractivity contribution in [1.29, 1.82) is 0 Å². The molecule has 15 heavy (non-hydrogen) atoms. The topological polar surface area (TPSA) is 61.8 Å². The summed E-state index contributed by atoms with van der Waals surface area (Å²) in [6, 6.07) is 0. The molecule has 5 heteroatoms. The fraction of sp³-hybridized carbons (Fsp3) is 0.600. The zero-order valence-corrected chi connectivity index (χ0v) is 8.51. The maximum Gasteiger partial charge on any atom is 0.303 e. The highest BCUT2D eigenvalue weighted by molar-refractivity contribution is 5.67. The zero-order chi connectivity index (χ0) is 11.0. The highest BCUT2D eigenvalue weighted by Gasteiger charge is 2.50. The van der Waals surface area contributed by atoms with Gasteiger partial charge < -0.3 is 14.2 Å². The molecule has 0 aromatic carbocycles. The molecule has 0 saturated carbocycles. The molecular weight excluding hydrogens is 200 g/mol. The summed E-state index contributed by atoms with van der Waals surface area (Å²) in [6.07, 6.45) is 2.03. The fourth-order valence-electron chi connectivity index (χ4n) is 1.89. The van der Waals surface area contributed by atoms with Crippen LogP contribution in [0.15, 0.2) is 12.2 Å². The van der Waals surface area contributed by atoms with E-state index in [1.165, 1.54) is 13.8 Å². The van der Waals surface area contributed by atoms with Gasteiger partial charge in [0.2, 0.25) is 0 Å². The third kappa shape index (κ3) is 1.87. The van der Waals surface area contributed by atoms with Crippen molar-refractivity contribution in [2.75, 3.05) is 0 Å². The molecule has 2 rings (SSSR count). The molecule has 1 fully saturated rings. The van der Waals surface area contributed by atoms with Gasteiger partial charge in [-0.25, -0.2) is 0 Å². The van der Waals surface area contributed by atoms with Crippen molar-refractivity contribution >= 4 is 11.9 Å². The van der Waals surface area contributed by atoms with Gasteiger partial charge in [0.25, 0.3) is 0 Å². The van der Waals surface area contributed by atoms with Crippen molar-refractivity contribution in [3.05, 3.63) is 12.2 Å². The van der Waals surface area contributed by atoms with Crippen LogP contribution in [0, 0.1) is 0 Å². The van der Waals surface area contributed by atoms with E-state index in [2.05, 4.69) is 0 Å². The average molecular weight is 212 g/mol. The minimum atomic E-state index is -0.513. The van der Waals surface area contributed by atoms with Crippen LogP contribution < -0.4 is 0 Å². The van der Waals surface area contributed by atoms with E-state index >= 15 is 0 Å². The first-order valence-corrected chi connectivity index (χ1v) is 4.76. The van der Waals surface area contributed by atoms with E-state index in [0.29, 0.717) is 0 Å². The third-order valence-corrected chi connectivity index (χ3v) is 2.38. The highest BCUT2D eigenvalue weighted by Crippen LogP contribution is 2.33. The van der Waals surface area contributed by atoms with Crippen LogP contribution in [-0.2, 0) is 23.8 Å². The number of carbonyl (C=O) groups is 2. The van der Waals surface area contributed by atoms with Gasteiger partial charge in [0.05, 0.1) is 0 Å². The first kappa shape index (κ1) is 10.2. The Hall–Kier alpha value is -1.36. The third-order valence-electron chi connectivity index (χ3n) is 2.38. The Balaban J connectivity index is 2.09. The van der Waals surface area contributed by atoms with Crippen LogP contribution in [0.25, 0.3) is 0 Å². The molecule has 0 spiro atoms. The summed E-state index contributed by atoms with van der Waals surface area (Å²) in [4.78, 5) is 21.7. The molecule has 2 heterocycles. The Labute approximate surface area is 87.0 Å². The van der Waals surface area contributed by atoms with E-state index in [1.54, 1.807) is 0 Å². The Bertz CT molecular complexity index is 292. The van der Waals surface area contributed by atoms with Crippen LogP contribution in [-0.4, -0.2) is 36.4 Å². The summed E-state index contributed by atoms with van der Waals surface area (Å²) >= 11 is 0. The lowest BCUT2D eigenvalue weighted by Gasteiger charge is -2.23. The van der Waals surface area contributed by atoms with Crippen molar-refractivity contribution in [1.82, 2.24) is 0 Å². The molecule has 2 bridgehead atoms.